The van der Waals surface area contributed by atoms with Crippen LogP contribution >= 0.6 is 0 Å². The highest BCUT2D eigenvalue weighted by atomic mass is 16.4. The molecule has 5 heteroatoms. The maximum atomic E-state index is 12.5. The van der Waals surface area contributed by atoms with Crippen molar-refractivity contribution in [3.8, 4) is 0 Å². The molecule has 1 saturated carbocycles. The van der Waals surface area contributed by atoms with E-state index in [9.17, 15) is 14.4 Å². The molecule has 1 spiro atoms. The first kappa shape index (κ1) is 15.0. The number of imide groups is 1. The molecule has 2 rings (SSSR count). The summed E-state index contributed by atoms with van der Waals surface area (Å²) in [5.41, 5.74) is -0.392. The summed E-state index contributed by atoms with van der Waals surface area (Å²) in [7, 11) is 0. The van der Waals surface area contributed by atoms with E-state index in [-0.39, 0.29) is 18.2 Å². The predicted molar refractivity (Wildman–Crippen MR) is 73.0 cm³/mol. The van der Waals surface area contributed by atoms with Crippen molar-refractivity contribution >= 4 is 17.8 Å². The fourth-order valence-corrected chi connectivity index (χ4v) is 3.43. The number of hydrogen-bond donors (Lipinski definition) is 1. The van der Waals surface area contributed by atoms with E-state index < -0.39 is 11.4 Å². The Kier molecular flexibility index (Phi) is 4.78. The molecule has 0 bridgehead atoms. The number of aliphatic carboxylic acids is 1. The molecule has 0 unspecified atom stereocenters. The number of carboxylic acid groups (broad SMARTS) is 1. The van der Waals surface area contributed by atoms with E-state index in [1.54, 1.807) is 0 Å². The summed E-state index contributed by atoms with van der Waals surface area (Å²) < 4.78 is 0. The average Bonchev–Trinajstić information content (AvgIpc) is 2.63. The second-order valence-corrected chi connectivity index (χ2v) is 6.07. The summed E-state index contributed by atoms with van der Waals surface area (Å²) in [4.78, 5) is 36.3. The van der Waals surface area contributed by atoms with Crippen LogP contribution in [0.5, 0.6) is 0 Å². The molecule has 2 aliphatic rings. The Morgan fingerprint density at radius 1 is 1.10 bits per heavy atom. The minimum atomic E-state index is -0.792. The summed E-state index contributed by atoms with van der Waals surface area (Å²) in [6.45, 7) is 0.457. The first-order valence-electron chi connectivity index (χ1n) is 7.62. The van der Waals surface area contributed by atoms with Crippen LogP contribution in [0.3, 0.4) is 0 Å². The van der Waals surface area contributed by atoms with Gasteiger partial charge in [-0.15, -0.1) is 0 Å². The van der Waals surface area contributed by atoms with Crippen molar-refractivity contribution in [2.45, 2.75) is 64.2 Å². The normalized spacial score (nSPS) is 21.7. The largest absolute Gasteiger partial charge is 0.481 e. The Bertz CT molecular complexity index is 399. The Balaban J connectivity index is 1.81. The van der Waals surface area contributed by atoms with Gasteiger partial charge in [-0.3, -0.25) is 19.3 Å². The smallest absolute Gasteiger partial charge is 0.303 e. The van der Waals surface area contributed by atoms with Crippen molar-refractivity contribution < 1.29 is 19.5 Å². The zero-order valence-corrected chi connectivity index (χ0v) is 11.9. The highest BCUT2D eigenvalue weighted by molar-refractivity contribution is 6.05. The lowest BCUT2D eigenvalue weighted by molar-refractivity contribution is -0.142. The lowest BCUT2D eigenvalue weighted by Gasteiger charge is -2.30. The Morgan fingerprint density at radius 2 is 1.80 bits per heavy atom. The number of carboxylic acids is 1. The van der Waals surface area contributed by atoms with Gasteiger partial charge in [-0.25, -0.2) is 0 Å². The molecule has 1 N–H and O–H groups in total. The molecule has 2 fully saturated rings. The van der Waals surface area contributed by atoms with E-state index in [0.717, 1.165) is 32.1 Å². The lowest BCUT2D eigenvalue weighted by Crippen LogP contribution is -2.37. The predicted octanol–water partition coefficient (Wildman–Crippen LogP) is 2.34. The average molecular weight is 281 g/mol. The molecule has 0 aromatic rings. The summed E-state index contributed by atoms with van der Waals surface area (Å²) >= 11 is 0. The Labute approximate surface area is 119 Å². The molecule has 0 radical (unpaired) electrons. The number of carbonyl (C=O) groups is 3. The highest BCUT2D eigenvalue weighted by Gasteiger charge is 2.50. The Hall–Kier alpha value is -1.39. The van der Waals surface area contributed by atoms with E-state index in [4.69, 9.17) is 5.11 Å². The van der Waals surface area contributed by atoms with Crippen molar-refractivity contribution in [3.05, 3.63) is 0 Å². The van der Waals surface area contributed by atoms with Crippen LogP contribution in [-0.4, -0.2) is 34.3 Å². The third kappa shape index (κ3) is 3.19. The maximum Gasteiger partial charge on any atom is 0.303 e. The van der Waals surface area contributed by atoms with Crippen molar-refractivity contribution in [1.29, 1.82) is 0 Å². The van der Waals surface area contributed by atoms with Gasteiger partial charge in [0.1, 0.15) is 0 Å². The monoisotopic (exact) mass is 281 g/mol. The number of hydrogen-bond acceptors (Lipinski definition) is 3. The first-order valence-corrected chi connectivity index (χ1v) is 7.62. The van der Waals surface area contributed by atoms with E-state index in [0.29, 0.717) is 25.8 Å². The maximum absolute atomic E-state index is 12.5. The third-order valence-electron chi connectivity index (χ3n) is 4.57. The van der Waals surface area contributed by atoms with E-state index in [1.165, 1.54) is 11.3 Å². The van der Waals surface area contributed by atoms with Crippen LogP contribution in [0.15, 0.2) is 0 Å². The van der Waals surface area contributed by atoms with Crippen molar-refractivity contribution in [2.75, 3.05) is 6.54 Å². The zero-order chi connectivity index (χ0) is 14.6. The molecule has 20 heavy (non-hydrogen) atoms. The van der Waals surface area contributed by atoms with Gasteiger partial charge in [-0.2, -0.15) is 0 Å². The summed E-state index contributed by atoms with van der Waals surface area (Å²) in [6.07, 6.45) is 7.58. The summed E-state index contributed by atoms with van der Waals surface area (Å²) in [5, 5.41) is 8.56. The number of likely N-dealkylation sites (tertiary alicyclic amines) is 1. The molecule has 1 heterocycles. The number of carbonyl (C=O) groups excluding carboxylic acids is 2. The molecule has 2 amide bonds. The van der Waals surface area contributed by atoms with Crippen LogP contribution in [0.2, 0.25) is 0 Å². The number of rotatable bonds is 6. The first-order chi connectivity index (χ1) is 9.55. The zero-order valence-electron chi connectivity index (χ0n) is 11.9. The van der Waals surface area contributed by atoms with Gasteiger partial charge >= 0.3 is 5.97 Å². The molecular formula is C15H23NO4. The molecule has 0 aromatic heterocycles. The molecule has 0 atom stereocenters. The van der Waals surface area contributed by atoms with Crippen molar-refractivity contribution in [2.24, 2.45) is 5.41 Å². The summed E-state index contributed by atoms with van der Waals surface area (Å²) in [5.74, 6) is -0.796. The number of amides is 2. The quantitative estimate of drug-likeness (QED) is 0.599. The second kappa shape index (κ2) is 6.37. The van der Waals surface area contributed by atoms with Gasteiger partial charge in [0.25, 0.3) is 0 Å². The standard InChI is InChI=1S/C15H23NO4/c17-12-11-15(8-4-2-5-9-15)14(20)16(12)10-6-1-3-7-13(18)19/h1-11H2,(H,18,19). The molecule has 1 aliphatic heterocycles. The van der Waals surface area contributed by atoms with Gasteiger partial charge in [-0.05, 0) is 25.7 Å². The van der Waals surface area contributed by atoms with Crippen LogP contribution in [-0.2, 0) is 14.4 Å². The van der Waals surface area contributed by atoms with E-state index in [1.807, 2.05) is 0 Å². The molecule has 1 aliphatic carbocycles. The van der Waals surface area contributed by atoms with Crippen LogP contribution in [0, 0.1) is 5.41 Å². The van der Waals surface area contributed by atoms with E-state index in [2.05, 4.69) is 0 Å². The molecule has 0 aromatic carbocycles. The topological polar surface area (TPSA) is 74.7 Å². The van der Waals surface area contributed by atoms with Crippen LogP contribution < -0.4 is 0 Å². The lowest BCUT2D eigenvalue weighted by atomic mass is 9.73. The molecule has 1 saturated heterocycles. The van der Waals surface area contributed by atoms with Crippen molar-refractivity contribution in [1.82, 2.24) is 4.90 Å². The second-order valence-electron chi connectivity index (χ2n) is 6.07. The fourth-order valence-electron chi connectivity index (χ4n) is 3.43. The van der Waals surface area contributed by atoms with Crippen LogP contribution in [0.25, 0.3) is 0 Å². The SMILES string of the molecule is O=C(O)CCCCCN1C(=O)CC2(CCCCC2)C1=O. The highest BCUT2D eigenvalue weighted by Crippen LogP contribution is 2.45. The summed E-state index contributed by atoms with van der Waals surface area (Å²) in [6, 6.07) is 0. The van der Waals surface area contributed by atoms with Gasteiger partial charge in [0.15, 0.2) is 0 Å². The minimum absolute atomic E-state index is 0.0282. The third-order valence-corrected chi connectivity index (χ3v) is 4.57. The van der Waals surface area contributed by atoms with Crippen LogP contribution in [0.1, 0.15) is 64.2 Å². The van der Waals surface area contributed by atoms with Gasteiger partial charge in [0.05, 0.1) is 5.41 Å². The van der Waals surface area contributed by atoms with Gasteiger partial charge in [-0.1, -0.05) is 25.7 Å². The fraction of sp³-hybridized carbons (Fsp3) is 0.800. The van der Waals surface area contributed by atoms with Crippen molar-refractivity contribution in [3.63, 3.8) is 0 Å². The van der Waals surface area contributed by atoms with Crippen LogP contribution in [0.4, 0.5) is 0 Å². The van der Waals surface area contributed by atoms with Gasteiger partial charge in [0.2, 0.25) is 11.8 Å². The van der Waals surface area contributed by atoms with Gasteiger partial charge < -0.3 is 5.11 Å². The Morgan fingerprint density at radius 3 is 2.45 bits per heavy atom. The number of nitrogens with zero attached hydrogens (tertiary/aromatic N) is 1. The minimum Gasteiger partial charge on any atom is -0.481 e. The molecule has 5 nitrogen and oxygen atoms in total. The molecular weight excluding hydrogens is 258 g/mol. The van der Waals surface area contributed by atoms with E-state index >= 15 is 0 Å². The number of unbranched alkanes of at least 4 members (excludes halogenated alkanes) is 2. The molecule has 112 valence electrons. The van der Waals surface area contributed by atoms with Gasteiger partial charge in [0, 0.05) is 19.4 Å².